The lowest BCUT2D eigenvalue weighted by molar-refractivity contribution is -0.121. The van der Waals surface area contributed by atoms with Gasteiger partial charge in [0.25, 0.3) is 0 Å². The maximum Gasteiger partial charge on any atom is 0.232 e. The number of nitrogens with zero attached hydrogens (tertiary/aromatic N) is 1. The molecule has 1 amide bonds. The molecule has 6 heteroatoms. The summed E-state index contributed by atoms with van der Waals surface area (Å²) < 4.78 is 25.7. The zero-order valence-electron chi connectivity index (χ0n) is 18.0. The van der Waals surface area contributed by atoms with Crippen LogP contribution in [0, 0.1) is 20.8 Å². The standard InChI is InChI=1S/C23H32N2O3S/c1-6-22(20-12-11-18(3)19(4)16-20)24-23(26)8-7-15-25(29(5,27)28)21-13-9-17(2)10-14-21/h9-14,16,22H,6-8,15H2,1-5H3,(H,24,26). The molecule has 0 aromatic heterocycles. The van der Waals surface area contributed by atoms with E-state index in [0.717, 1.165) is 17.5 Å². The van der Waals surface area contributed by atoms with Crippen molar-refractivity contribution in [1.82, 2.24) is 5.32 Å². The van der Waals surface area contributed by atoms with E-state index in [1.54, 1.807) is 12.1 Å². The zero-order chi connectivity index (χ0) is 21.6. The normalized spacial score (nSPS) is 12.4. The number of sulfonamides is 1. The van der Waals surface area contributed by atoms with Crippen molar-refractivity contribution in [2.24, 2.45) is 0 Å². The van der Waals surface area contributed by atoms with E-state index in [1.165, 1.54) is 21.7 Å². The molecule has 0 aliphatic rings. The van der Waals surface area contributed by atoms with Gasteiger partial charge in [-0.05, 0) is 62.4 Å². The predicted octanol–water partition coefficient (Wildman–Crippen LogP) is 4.43. The fourth-order valence-electron chi connectivity index (χ4n) is 3.25. The van der Waals surface area contributed by atoms with Gasteiger partial charge in [-0.15, -0.1) is 0 Å². The summed E-state index contributed by atoms with van der Waals surface area (Å²) >= 11 is 0. The van der Waals surface area contributed by atoms with Gasteiger partial charge in [0.05, 0.1) is 18.0 Å². The molecule has 2 aromatic rings. The average Bonchev–Trinajstić information content (AvgIpc) is 2.65. The Morgan fingerprint density at radius 2 is 1.69 bits per heavy atom. The fraction of sp³-hybridized carbons (Fsp3) is 0.435. The van der Waals surface area contributed by atoms with Crippen molar-refractivity contribution in [3.63, 3.8) is 0 Å². The maximum atomic E-state index is 12.5. The summed E-state index contributed by atoms with van der Waals surface area (Å²) in [6.45, 7) is 8.41. The number of benzene rings is 2. The number of carbonyl (C=O) groups excluding carboxylic acids is 1. The molecule has 0 bridgehead atoms. The number of amides is 1. The van der Waals surface area contributed by atoms with Crippen LogP contribution in [0.5, 0.6) is 0 Å². The minimum Gasteiger partial charge on any atom is -0.349 e. The third-order valence-corrected chi connectivity index (χ3v) is 6.36. The second-order valence-electron chi connectivity index (χ2n) is 7.65. The molecule has 29 heavy (non-hydrogen) atoms. The van der Waals surface area contributed by atoms with Crippen molar-refractivity contribution in [1.29, 1.82) is 0 Å². The van der Waals surface area contributed by atoms with Crippen molar-refractivity contribution in [2.75, 3.05) is 17.1 Å². The predicted molar refractivity (Wildman–Crippen MR) is 120 cm³/mol. The van der Waals surface area contributed by atoms with E-state index in [-0.39, 0.29) is 24.9 Å². The Kier molecular flexibility index (Phi) is 7.85. The first kappa shape index (κ1) is 22.9. The molecule has 0 radical (unpaired) electrons. The average molecular weight is 417 g/mol. The van der Waals surface area contributed by atoms with Crippen LogP contribution in [0.25, 0.3) is 0 Å². The lowest BCUT2D eigenvalue weighted by Crippen LogP contribution is -2.33. The molecule has 1 unspecified atom stereocenters. The van der Waals surface area contributed by atoms with Gasteiger partial charge in [-0.25, -0.2) is 8.42 Å². The molecule has 158 valence electrons. The highest BCUT2D eigenvalue weighted by molar-refractivity contribution is 7.92. The SMILES string of the molecule is CCC(NC(=O)CCCN(c1ccc(C)cc1)S(C)(=O)=O)c1ccc(C)c(C)c1. The van der Waals surface area contributed by atoms with Crippen LogP contribution in [-0.4, -0.2) is 27.1 Å². The molecule has 2 rings (SSSR count). The van der Waals surface area contributed by atoms with Gasteiger partial charge in [0.2, 0.25) is 15.9 Å². The summed E-state index contributed by atoms with van der Waals surface area (Å²) in [6, 6.07) is 13.6. The number of aryl methyl sites for hydroxylation is 3. The lowest BCUT2D eigenvalue weighted by atomic mass is 9.99. The Labute approximate surface area is 175 Å². The molecule has 0 aliphatic carbocycles. The minimum absolute atomic E-state index is 0.0371. The zero-order valence-corrected chi connectivity index (χ0v) is 18.8. The molecule has 1 atom stereocenters. The van der Waals surface area contributed by atoms with E-state index >= 15 is 0 Å². The van der Waals surface area contributed by atoms with Gasteiger partial charge in [-0.1, -0.05) is 42.8 Å². The minimum atomic E-state index is -3.41. The summed E-state index contributed by atoms with van der Waals surface area (Å²) in [4.78, 5) is 12.5. The van der Waals surface area contributed by atoms with Crippen molar-refractivity contribution in [3.8, 4) is 0 Å². The van der Waals surface area contributed by atoms with E-state index in [4.69, 9.17) is 0 Å². The first-order valence-electron chi connectivity index (χ1n) is 10.0. The molecule has 0 saturated carbocycles. The fourth-order valence-corrected chi connectivity index (χ4v) is 4.22. The van der Waals surface area contributed by atoms with Gasteiger partial charge in [0.15, 0.2) is 0 Å². The van der Waals surface area contributed by atoms with Crippen LogP contribution in [0.3, 0.4) is 0 Å². The highest BCUT2D eigenvalue weighted by Gasteiger charge is 2.18. The van der Waals surface area contributed by atoms with E-state index < -0.39 is 10.0 Å². The molecule has 0 fully saturated rings. The third kappa shape index (κ3) is 6.60. The lowest BCUT2D eigenvalue weighted by Gasteiger charge is -2.23. The summed E-state index contributed by atoms with van der Waals surface area (Å²) in [5, 5.41) is 3.08. The highest BCUT2D eigenvalue weighted by atomic mass is 32.2. The first-order chi connectivity index (χ1) is 13.6. The Morgan fingerprint density at radius 3 is 2.24 bits per heavy atom. The van der Waals surface area contributed by atoms with Gasteiger partial charge in [-0.2, -0.15) is 0 Å². The van der Waals surface area contributed by atoms with E-state index in [2.05, 4.69) is 37.4 Å². The second kappa shape index (κ2) is 9.92. The second-order valence-corrected chi connectivity index (χ2v) is 9.55. The van der Waals surface area contributed by atoms with E-state index in [1.807, 2.05) is 26.0 Å². The van der Waals surface area contributed by atoms with Crippen molar-refractivity contribution in [3.05, 3.63) is 64.7 Å². The van der Waals surface area contributed by atoms with Gasteiger partial charge in [-0.3, -0.25) is 9.10 Å². The molecular weight excluding hydrogens is 384 g/mol. The number of hydrogen-bond acceptors (Lipinski definition) is 3. The van der Waals surface area contributed by atoms with Crippen LogP contribution in [-0.2, 0) is 14.8 Å². The van der Waals surface area contributed by atoms with E-state index in [0.29, 0.717) is 12.1 Å². The Bertz CT molecular complexity index is 937. The van der Waals surface area contributed by atoms with Gasteiger partial charge < -0.3 is 5.32 Å². The number of rotatable bonds is 9. The number of carbonyl (C=O) groups is 1. The Morgan fingerprint density at radius 1 is 1.03 bits per heavy atom. The van der Waals surface area contributed by atoms with Crippen LogP contribution >= 0.6 is 0 Å². The monoisotopic (exact) mass is 416 g/mol. The van der Waals surface area contributed by atoms with Crippen LogP contribution in [0.4, 0.5) is 5.69 Å². The highest BCUT2D eigenvalue weighted by Crippen LogP contribution is 2.21. The van der Waals surface area contributed by atoms with Crippen molar-refractivity contribution >= 4 is 21.6 Å². The topological polar surface area (TPSA) is 66.5 Å². The van der Waals surface area contributed by atoms with Gasteiger partial charge >= 0.3 is 0 Å². The molecule has 2 aromatic carbocycles. The third-order valence-electron chi connectivity index (χ3n) is 5.16. The van der Waals surface area contributed by atoms with Crippen LogP contribution in [0.15, 0.2) is 42.5 Å². The molecule has 0 heterocycles. The smallest absolute Gasteiger partial charge is 0.232 e. The summed E-state index contributed by atoms with van der Waals surface area (Å²) in [5.41, 5.74) is 5.23. The quantitative estimate of drug-likeness (QED) is 0.658. The van der Waals surface area contributed by atoms with Crippen LogP contribution < -0.4 is 9.62 Å². The largest absolute Gasteiger partial charge is 0.349 e. The van der Waals surface area contributed by atoms with Gasteiger partial charge in [0.1, 0.15) is 0 Å². The first-order valence-corrected chi connectivity index (χ1v) is 11.9. The van der Waals surface area contributed by atoms with Crippen LogP contribution in [0.1, 0.15) is 54.5 Å². The number of hydrogen-bond donors (Lipinski definition) is 1. The molecule has 5 nitrogen and oxygen atoms in total. The van der Waals surface area contributed by atoms with Crippen molar-refractivity contribution < 1.29 is 13.2 Å². The molecule has 0 saturated heterocycles. The van der Waals surface area contributed by atoms with E-state index in [9.17, 15) is 13.2 Å². The summed E-state index contributed by atoms with van der Waals surface area (Å²) in [6.07, 6.45) is 2.72. The Hall–Kier alpha value is -2.34. The summed E-state index contributed by atoms with van der Waals surface area (Å²) in [5.74, 6) is -0.0626. The molecule has 0 aliphatic heterocycles. The number of anilines is 1. The molecular formula is C23H32N2O3S. The van der Waals surface area contributed by atoms with Crippen molar-refractivity contribution in [2.45, 2.75) is 53.0 Å². The van der Waals surface area contributed by atoms with Gasteiger partial charge in [0, 0.05) is 13.0 Å². The Balaban J connectivity index is 1.97. The summed E-state index contributed by atoms with van der Waals surface area (Å²) in [7, 11) is -3.41. The maximum absolute atomic E-state index is 12.5. The number of nitrogens with one attached hydrogen (secondary N) is 1. The molecule has 1 N–H and O–H groups in total. The van der Waals surface area contributed by atoms with Crippen LogP contribution in [0.2, 0.25) is 0 Å². The molecule has 0 spiro atoms.